The third-order valence-electron chi connectivity index (χ3n) is 5.10. The average molecular weight is 378 g/mol. The van der Waals surface area contributed by atoms with Crippen molar-refractivity contribution in [1.82, 2.24) is 4.98 Å². The van der Waals surface area contributed by atoms with Gasteiger partial charge in [-0.25, -0.2) is 4.98 Å². The molecule has 0 unspecified atom stereocenters. The molecule has 4 rings (SSSR count). The molecule has 0 spiro atoms. The zero-order chi connectivity index (χ0) is 19.5. The fourth-order valence-electron chi connectivity index (χ4n) is 3.58. The minimum absolute atomic E-state index is 0.405. The Morgan fingerprint density at radius 1 is 0.964 bits per heavy atom. The Balaban J connectivity index is 1.45. The number of rotatable bonds is 6. The van der Waals surface area contributed by atoms with Crippen molar-refractivity contribution in [1.29, 1.82) is 0 Å². The van der Waals surface area contributed by atoms with Gasteiger partial charge in [0.2, 0.25) is 0 Å². The SMILES string of the molecule is COc1ccccc1CNc1c(N2CCN(c3ccccn3)CC2)c(=O)c1=O. The Hall–Kier alpha value is -3.35. The maximum absolute atomic E-state index is 12.2. The molecule has 0 aliphatic carbocycles. The number of piperazine rings is 1. The quantitative estimate of drug-likeness (QED) is 0.654. The van der Waals surface area contributed by atoms with Gasteiger partial charge in [0.05, 0.1) is 7.11 Å². The van der Waals surface area contributed by atoms with Gasteiger partial charge in [-0.3, -0.25) is 9.59 Å². The van der Waals surface area contributed by atoms with Gasteiger partial charge in [0, 0.05) is 44.5 Å². The Kier molecular flexibility index (Phi) is 4.97. The third-order valence-corrected chi connectivity index (χ3v) is 5.10. The van der Waals surface area contributed by atoms with Crippen LogP contribution in [0.5, 0.6) is 5.75 Å². The van der Waals surface area contributed by atoms with E-state index in [0.717, 1.165) is 30.2 Å². The lowest BCUT2D eigenvalue weighted by Gasteiger charge is -2.37. The van der Waals surface area contributed by atoms with E-state index in [9.17, 15) is 9.59 Å². The Morgan fingerprint density at radius 3 is 2.39 bits per heavy atom. The zero-order valence-corrected chi connectivity index (χ0v) is 15.7. The lowest BCUT2D eigenvalue weighted by molar-refractivity contribution is 0.410. The van der Waals surface area contributed by atoms with Crippen LogP contribution in [0.1, 0.15) is 5.56 Å². The van der Waals surface area contributed by atoms with Gasteiger partial charge in [-0.15, -0.1) is 0 Å². The lowest BCUT2D eigenvalue weighted by atomic mass is 10.1. The number of hydrogen-bond donors (Lipinski definition) is 1. The normalized spacial score (nSPS) is 14.3. The van der Waals surface area contributed by atoms with E-state index in [1.54, 1.807) is 13.3 Å². The molecule has 0 atom stereocenters. The summed E-state index contributed by atoms with van der Waals surface area (Å²) in [6.07, 6.45) is 1.78. The molecule has 7 nitrogen and oxygen atoms in total. The number of para-hydroxylation sites is 1. The molecule has 2 aromatic carbocycles. The van der Waals surface area contributed by atoms with Crippen LogP contribution in [0.4, 0.5) is 17.2 Å². The molecule has 1 aromatic heterocycles. The fourth-order valence-corrected chi connectivity index (χ4v) is 3.58. The second-order valence-corrected chi connectivity index (χ2v) is 6.71. The van der Waals surface area contributed by atoms with Crippen molar-refractivity contribution < 1.29 is 4.74 Å². The number of aromatic nitrogens is 1. The summed E-state index contributed by atoms with van der Waals surface area (Å²) in [6.45, 7) is 3.27. The van der Waals surface area contributed by atoms with Gasteiger partial charge in [-0.2, -0.15) is 0 Å². The highest BCUT2D eigenvalue weighted by molar-refractivity contribution is 5.75. The highest BCUT2D eigenvalue weighted by Crippen LogP contribution is 2.25. The molecule has 0 amide bonds. The molecule has 1 aliphatic rings. The molecular weight excluding hydrogens is 356 g/mol. The third kappa shape index (κ3) is 3.31. The summed E-state index contributed by atoms with van der Waals surface area (Å²) in [6, 6.07) is 13.5. The van der Waals surface area contributed by atoms with Gasteiger partial charge in [-0.05, 0) is 18.2 Å². The number of methoxy groups -OCH3 is 1. The molecule has 3 aromatic rings. The Morgan fingerprint density at radius 2 is 1.68 bits per heavy atom. The van der Waals surface area contributed by atoms with Crippen molar-refractivity contribution in [3.63, 3.8) is 0 Å². The first-order chi connectivity index (χ1) is 13.7. The standard InChI is InChI=1S/C21H22N4O3/c1-28-16-7-3-2-6-15(16)14-23-18-19(21(27)20(18)26)25-12-10-24(11-13-25)17-8-4-5-9-22-17/h2-9,23H,10-14H2,1H3. The van der Waals surface area contributed by atoms with E-state index in [2.05, 4.69) is 15.2 Å². The molecule has 0 radical (unpaired) electrons. The van der Waals surface area contributed by atoms with Crippen LogP contribution < -0.4 is 30.7 Å². The monoisotopic (exact) mass is 378 g/mol. The van der Waals surface area contributed by atoms with E-state index < -0.39 is 10.9 Å². The van der Waals surface area contributed by atoms with E-state index >= 15 is 0 Å². The number of nitrogens with one attached hydrogen (secondary N) is 1. The molecule has 1 N–H and O–H groups in total. The number of anilines is 3. The number of hydrogen-bond acceptors (Lipinski definition) is 7. The minimum atomic E-state index is -0.447. The smallest absolute Gasteiger partial charge is 0.253 e. The van der Waals surface area contributed by atoms with Crippen molar-refractivity contribution in [2.24, 2.45) is 0 Å². The van der Waals surface area contributed by atoms with E-state index in [0.29, 0.717) is 31.0 Å². The number of pyridine rings is 1. The first-order valence-electron chi connectivity index (χ1n) is 9.29. The van der Waals surface area contributed by atoms with Crippen LogP contribution in [0.25, 0.3) is 0 Å². The van der Waals surface area contributed by atoms with Gasteiger partial charge in [0.1, 0.15) is 22.9 Å². The molecule has 2 heterocycles. The summed E-state index contributed by atoms with van der Waals surface area (Å²) >= 11 is 0. The highest BCUT2D eigenvalue weighted by atomic mass is 16.5. The Labute approximate surface area is 162 Å². The van der Waals surface area contributed by atoms with Crippen LogP contribution in [0.15, 0.2) is 58.3 Å². The van der Waals surface area contributed by atoms with E-state index in [-0.39, 0.29) is 0 Å². The first kappa shape index (κ1) is 18.0. The fraction of sp³-hybridized carbons (Fsp3) is 0.286. The Bertz CT molecular complexity index is 1020. The largest absolute Gasteiger partial charge is 0.496 e. The van der Waals surface area contributed by atoms with Gasteiger partial charge in [0.15, 0.2) is 0 Å². The molecule has 1 saturated heterocycles. The summed E-state index contributed by atoms with van der Waals surface area (Å²) in [5.74, 6) is 1.68. The second-order valence-electron chi connectivity index (χ2n) is 6.71. The number of nitrogens with zero attached hydrogens (tertiary/aromatic N) is 3. The summed E-state index contributed by atoms with van der Waals surface area (Å²) in [5, 5.41) is 3.14. The van der Waals surface area contributed by atoms with Crippen LogP contribution in [-0.2, 0) is 6.54 Å². The molecule has 144 valence electrons. The molecule has 7 heteroatoms. The second kappa shape index (κ2) is 7.72. The van der Waals surface area contributed by atoms with Crippen LogP contribution in [0.3, 0.4) is 0 Å². The molecule has 0 saturated carbocycles. The van der Waals surface area contributed by atoms with E-state index in [4.69, 9.17) is 4.74 Å². The maximum atomic E-state index is 12.2. The van der Waals surface area contributed by atoms with Gasteiger partial charge < -0.3 is 19.9 Å². The van der Waals surface area contributed by atoms with Crippen molar-refractivity contribution in [3.05, 3.63) is 74.7 Å². The van der Waals surface area contributed by atoms with Crippen molar-refractivity contribution in [2.45, 2.75) is 6.54 Å². The zero-order valence-electron chi connectivity index (χ0n) is 15.7. The van der Waals surface area contributed by atoms with Gasteiger partial charge in [0.25, 0.3) is 10.9 Å². The summed E-state index contributed by atoms with van der Waals surface area (Å²) in [4.78, 5) is 32.9. The van der Waals surface area contributed by atoms with Crippen molar-refractivity contribution in [3.8, 4) is 5.75 Å². The van der Waals surface area contributed by atoms with E-state index in [1.165, 1.54) is 0 Å². The van der Waals surface area contributed by atoms with E-state index in [1.807, 2.05) is 47.4 Å². The van der Waals surface area contributed by atoms with Gasteiger partial charge in [-0.1, -0.05) is 24.3 Å². The van der Waals surface area contributed by atoms with Crippen LogP contribution in [0.2, 0.25) is 0 Å². The van der Waals surface area contributed by atoms with Crippen molar-refractivity contribution in [2.75, 3.05) is 48.4 Å². The van der Waals surface area contributed by atoms with Crippen molar-refractivity contribution >= 4 is 17.2 Å². The summed E-state index contributed by atoms with van der Waals surface area (Å²) < 4.78 is 5.34. The molecule has 1 aliphatic heterocycles. The molecule has 0 bridgehead atoms. The van der Waals surface area contributed by atoms with Gasteiger partial charge >= 0.3 is 0 Å². The predicted octanol–water partition coefficient (Wildman–Crippen LogP) is 1.62. The van der Waals surface area contributed by atoms with Crippen LogP contribution in [0, 0.1) is 0 Å². The number of benzene rings is 1. The molecular formula is C21H22N4O3. The summed E-state index contributed by atoms with van der Waals surface area (Å²) in [5.41, 5.74) is 0.984. The van der Waals surface area contributed by atoms with Crippen LogP contribution in [-0.4, -0.2) is 38.3 Å². The molecule has 28 heavy (non-hydrogen) atoms. The first-order valence-corrected chi connectivity index (χ1v) is 9.29. The summed E-state index contributed by atoms with van der Waals surface area (Å²) in [7, 11) is 1.61. The topological polar surface area (TPSA) is 74.8 Å². The maximum Gasteiger partial charge on any atom is 0.253 e. The average Bonchev–Trinajstić information content (AvgIpc) is 2.77. The number of ether oxygens (including phenoxy) is 1. The lowest BCUT2D eigenvalue weighted by Crippen LogP contribution is -2.51. The van der Waals surface area contributed by atoms with Crippen LogP contribution >= 0.6 is 0 Å². The minimum Gasteiger partial charge on any atom is -0.496 e. The predicted molar refractivity (Wildman–Crippen MR) is 110 cm³/mol. The molecule has 1 fully saturated rings. The highest BCUT2D eigenvalue weighted by Gasteiger charge is 2.28.